The largest absolute Gasteiger partial charge is 0.469 e. The molecule has 306 valence electrons. The lowest BCUT2D eigenvalue weighted by molar-refractivity contribution is -0.313. The van der Waals surface area contributed by atoms with Crippen LogP contribution in [-0.2, 0) is 82.7 Å². The molecule has 0 radical (unpaired) electrons. The number of carbonyl (C=O) groups is 8. The van der Waals surface area contributed by atoms with Crippen molar-refractivity contribution < 1.29 is 76.3 Å². The van der Waals surface area contributed by atoms with Gasteiger partial charge in [-0.2, -0.15) is 0 Å². The number of unbranched alkanes of at least 4 members (excludes halogenated alkanes) is 3. The second kappa shape index (κ2) is 23.2. The zero-order valence-electron chi connectivity index (χ0n) is 31.7. The summed E-state index contributed by atoms with van der Waals surface area (Å²) in [6.45, 7) is 2.84. The molecule has 1 aromatic carbocycles. The summed E-state index contributed by atoms with van der Waals surface area (Å²) in [5.74, 6) is -8.71. The third-order valence-corrected chi connectivity index (χ3v) is 8.28. The molecule has 1 aromatic rings. The number of benzene rings is 1. The van der Waals surface area contributed by atoms with Gasteiger partial charge in [0.15, 0.2) is 18.8 Å². The number of hydrogen-bond donors (Lipinski definition) is 2. The first-order chi connectivity index (χ1) is 26.0. The zero-order chi connectivity index (χ0) is 41.1. The molecular formula is C36H49ClN2O16. The highest BCUT2D eigenvalue weighted by molar-refractivity contribution is 6.30. The van der Waals surface area contributed by atoms with E-state index in [1.165, 1.54) is 7.11 Å². The second-order valence-corrected chi connectivity index (χ2v) is 12.9. The van der Waals surface area contributed by atoms with E-state index in [4.69, 9.17) is 44.8 Å². The molecule has 1 saturated heterocycles. The highest BCUT2D eigenvalue weighted by atomic mass is 35.5. The van der Waals surface area contributed by atoms with E-state index in [9.17, 15) is 38.4 Å². The summed E-state index contributed by atoms with van der Waals surface area (Å²) in [4.78, 5) is 100. The Morgan fingerprint density at radius 2 is 1.49 bits per heavy atom. The van der Waals surface area contributed by atoms with Crippen LogP contribution in [0.2, 0.25) is 5.02 Å². The van der Waals surface area contributed by atoms with Gasteiger partial charge in [-0.25, -0.2) is 4.79 Å². The highest BCUT2D eigenvalue weighted by Crippen LogP contribution is 2.37. The minimum Gasteiger partial charge on any atom is -0.469 e. The first kappa shape index (κ1) is 46.3. The Hall–Kier alpha value is -4.81. The van der Waals surface area contributed by atoms with Crippen LogP contribution in [0, 0.1) is 0 Å². The molecule has 1 fully saturated rings. The number of halogens is 1. The number of ether oxygens (including phenoxy) is 8. The van der Waals surface area contributed by atoms with Crippen LogP contribution >= 0.6 is 11.6 Å². The van der Waals surface area contributed by atoms with Crippen LogP contribution < -0.4 is 10.6 Å². The molecule has 0 saturated carbocycles. The van der Waals surface area contributed by atoms with Gasteiger partial charge in [0.2, 0.25) is 5.91 Å². The van der Waals surface area contributed by atoms with Gasteiger partial charge in [-0.1, -0.05) is 36.6 Å². The molecule has 1 heterocycles. The van der Waals surface area contributed by atoms with Gasteiger partial charge >= 0.3 is 35.8 Å². The minimum atomic E-state index is -2.36. The Bertz CT molecular complexity index is 1500. The number of esters is 6. The van der Waals surface area contributed by atoms with E-state index in [1.54, 1.807) is 24.3 Å². The summed E-state index contributed by atoms with van der Waals surface area (Å²) in [7, 11) is 2.34. The third kappa shape index (κ3) is 16.2. The monoisotopic (exact) mass is 800 g/mol. The lowest BCUT2D eigenvalue weighted by Gasteiger charge is -2.48. The molecule has 2 N–H and O–H groups in total. The van der Waals surface area contributed by atoms with Gasteiger partial charge in [0.05, 0.1) is 46.3 Å². The van der Waals surface area contributed by atoms with Crippen molar-refractivity contribution in [1.29, 1.82) is 0 Å². The Kier molecular flexibility index (Phi) is 19.5. The minimum absolute atomic E-state index is 0.118. The molecule has 55 heavy (non-hydrogen) atoms. The van der Waals surface area contributed by atoms with Crippen LogP contribution in [0.1, 0.15) is 71.8 Å². The molecular weight excluding hydrogens is 752 g/mol. The molecule has 0 aromatic heterocycles. The van der Waals surface area contributed by atoms with E-state index < -0.39 is 97.5 Å². The fourth-order valence-corrected chi connectivity index (χ4v) is 5.79. The fourth-order valence-electron chi connectivity index (χ4n) is 5.67. The molecule has 1 aliphatic rings. The molecule has 2 amide bonds. The maximum atomic E-state index is 13.6. The predicted octanol–water partition coefficient (Wildman–Crippen LogP) is 1.64. The number of carbonyl (C=O) groups excluding carboxylic acids is 8. The number of methoxy groups -OCH3 is 2. The zero-order valence-corrected chi connectivity index (χ0v) is 32.4. The Labute approximate surface area is 323 Å². The quantitative estimate of drug-likeness (QED) is 0.102. The van der Waals surface area contributed by atoms with E-state index in [-0.39, 0.29) is 25.4 Å². The summed E-state index contributed by atoms with van der Waals surface area (Å²) in [6, 6.07) is 4.98. The van der Waals surface area contributed by atoms with Gasteiger partial charge in [0, 0.05) is 39.1 Å². The summed E-state index contributed by atoms with van der Waals surface area (Å²) < 4.78 is 43.7. The first-order valence-corrected chi connectivity index (χ1v) is 17.8. The van der Waals surface area contributed by atoms with Crippen molar-refractivity contribution in [3.63, 3.8) is 0 Å². The summed E-state index contributed by atoms with van der Waals surface area (Å²) in [6.07, 6.45) is -4.88. The number of hydrogen-bond acceptors (Lipinski definition) is 16. The Morgan fingerprint density at radius 3 is 2.07 bits per heavy atom. The molecule has 6 atom stereocenters. The van der Waals surface area contributed by atoms with E-state index >= 15 is 0 Å². The van der Waals surface area contributed by atoms with E-state index in [2.05, 4.69) is 15.4 Å². The molecule has 1 aliphatic heterocycles. The topological polar surface area (TPSA) is 234 Å². The Balaban J connectivity index is 2.59. The van der Waals surface area contributed by atoms with E-state index in [0.29, 0.717) is 36.3 Å². The standard InChI is InChI=1S/C36H49ClN2O16/c1-21(40)50-20-30(45)39-32-27(52-22(2)41)18-36(35(47)49-6,51-16-10-8-7-9-11-31(46)48-5)55-34(32)33(54-24(4)43)28(53-23(3)42)19-38-29(44)17-25-12-14-26(37)15-13-25/h12-15,27-28,32-34H,7-11,16-20H2,1-6H3,(H,38,44)(H,39,45)/t27-,28+,32+,33+,34+,36+/m0/s1. The third-order valence-electron chi connectivity index (χ3n) is 8.02. The van der Waals surface area contributed by atoms with Crippen LogP contribution in [0.5, 0.6) is 0 Å². The molecule has 0 aliphatic carbocycles. The van der Waals surface area contributed by atoms with Gasteiger partial charge < -0.3 is 48.5 Å². The average Bonchev–Trinajstić information content (AvgIpc) is 3.12. The Morgan fingerprint density at radius 1 is 0.836 bits per heavy atom. The van der Waals surface area contributed by atoms with E-state index in [0.717, 1.165) is 34.8 Å². The lowest BCUT2D eigenvalue weighted by atomic mass is 9.87. The second-order valence-electron chi connectivity index (χ2n) is 12.5. The van der Waals surface area contributed by atoms with Crippen molar-refractivity contribution in [2.75, 3.05) is 34.0 Å². The van der Waals surface area contributed by atoms with Gasteiger partial charge in [0.25, 0.3) is 11.7 Å². The maximum absolute atomic E-state index is 13.6. The normalized spacial score (nSPS) is 20.1. The number of nitrogens with one attached hydrogen (secondary N) is 2. The fraction of sp³-hybridized carbons (Fsp3) is 0.611. The number of amides is 2. The van der Waals surface area contributed by atoms with Crippen molar-refractivity contribution in [1.82, 2.24) is 10.6 Å². The van der Waals surface area contributed by atoms with Crippen molar-refractivity contribution in [2.45, 2.75) is 109 Å². The van der Waals surface area contributed by atoms with Crippen molar-refractivity contribution in [3.05, 3.63) is 34.9 Å². The van der Waals surface area contributed by atoms with Crippen LogP contribution in [0.15, 0.2) is 24.3 Å². The molecule has 18 nitrogen and oxygen atoms in total. The van der Waals surface area contributed by atoms with Crippen LogP contribution in [0.3, 0.4) is 0 Å². The molecule has 0 bridgehead atoms. The lowest BCUT2D eigenvalue weighted by Crippen LogP contribution is -2.70. The van der Waals surface area contributed by atoms with Crippen molar-refractivity contribution in [2.24, 2.45) is 0 Å². The average molecular weight is 801 g/mol. The van der Waals surface area contributed by atoms with Crippen LogP contribution in [-0.4, -0.2) is 118 Å². The summed E-state index contributed by atoms with van der Waals surface area (Å²) in [5, 5.41) is 5.63. The van der Waals surface area contributed by atoms with Gasteiger partial charge in [-0.3, -0.25) is 33.6 Å². The summed E-state index contributed by atoms with van der Waals surface area (Å²) in [5.41, 5.74) is 0.598. The van der Waals surface area contributed by atoms with Gasteiger partial charge in [0.1, 0.15) is 12.2 Å². The van der Waals surface area contributed by atoms with Crippen molar-refractivity contribution >= 4 is 59.2 Å². The maximum Gasteiger partial charge on any atom is 0.366 e. The van der Waals surface area contributed by atoms with Crippen LogP contribution in [0.25, 0.3) is 0 Å². The molecule has 0 unspecified atom stereocenters. The highest BCUT2D eigenvalue weighted by Gasteiger charge is 2.59. The molecule has 19 heteroatoms. The predicted molar refractivity (Wildman–Crippen MR) is 189 cm³/mol. The van der Waals surface area contributed by atoms with Gasteiger partial charge in [-0.05, 0) is 30.5 Å². The SMILES string of the molecule is COC(=O)CCCCCCO[C@]1(C(=O)OC)C[C@H](OC(C)=O)[C@@H](NC(=O)COC(C)=O)[C@H]([C@H](OC(C)=O)[C@@H](CNC(=O)Cc2ccc(Cl)cc2)OC(C)=O)O1. The first-order valence-electron chi connectivity index (χ1n) is 17.4. The number of rotatable bonds is 21. The molecule has 0 spiro atoms. The van der Waals surface area contributed by atoms with E-state index in [1.807, 2.05) is 0 Å². The van der Waals surface area contributed by atoms with Crippen molar-refractivity contribution in [3.8, 4) is 0 Å². The van der Waals surface area contributed by atoms with Gasteiger partial charge in [-0.15, -0.1) is 0 Å². The van der Waals surface area contributed by atoms with Crippen LogP contribution in [0.4, 0.5) is 0 Å². The smallest absolute Gasteiger partial charge is 0.366 e. The summed E-state index contributed by atoms with van der Waals surface area (Å²) >= 11 is 5.95. The molecule has 2 rings (SSSR count).